The predicted molar refractivity (Wildman–Crippen MR) is 128 cm³/mol. The first-order valence-electron chi connectivity index (χ1n) is 9.75. The van der Waals surface area contributed by atoms with E-state index < -0.39 is 0 Å². The largest absolute Gasteiger partial charge is 0.483 e. The van der Waals surface area contributed by atoms with Gasteiger partial charge in [-0.05, 0) is 62.6 Å². The summed E-state index contributed by atoms with van der Waals surface area (Å²) in [5.74, 6) is 0.698. The third kappa shape index (κ3) is 5.17. The summed E-state index contributed by atoms with van der Waals surface area (Å²) in [6.07, 6.45) is 0. The maximum Gasteiger partial charge on any atom is 0.260 e. The maximum atomic E-state index is 12.6. The topological polar surface area (TPSA) is 32.8 Å². The molecule has 0 bridgehead atoms. The van der Waals surface area contributed by atoms with Crippen LogP contribution >= 0.6 is 43.5 Å². The van der Waals surface area contributed by atoms with Crippen LogP contribution < -0.4 is 4.74 Å². The summed E-state index contributed by atoms with van der Waals surface area (Å²) in [4.78, 5) is 16.9. The SMILES string of the molecule is O=C(COc1ccc2cc(Br)ccc2c1Br)N1CCN(Cc2ccc(Cl)cc2)CC1. The average Bonchev–Trinajstić information content (AvgIpc) is 2.75. The fourth-order valence-corrected chi connectivity index (χ4v) is 4.70. The Hall–Kier alpha value is -1.60. The number of amides is 1. The van der Waals surface area contributed by atoms with Gasteiger partial charge < -0.3 is 9.64 Å². The first-order valence-corrected chi connectivity index (χ1v) is 11.7. The second kappa shape index (κ2) is 9.69. The van der Waals surface area contributed by atoms with Crippen LogP contribution in [-0.4, -0.2) is 48.5 Å². The second-order valence-corrected chi connectivity index (χ2v) is 9.46. The highest BCUT2D eigenvalue weighted by molar-refractivity contribution is 9.11. The number of hydrogen-bond donors (Lipinski definition) is 0. The molecular formula is C23H21Br2ClN2O2. The second-order valence-electron chi connectivity index (χ2n) is 7.32. The Morgan fingerprint density at radius 3 is 2.43 bits per heavy atom. The Kier molecular flexibility index (Phi) is 6.98. The highest BCUT2D eigenvalue weighted by Crippen LogP contribution is 2.34. The van der Waals surface area contributed by atoms with E-state index in [1.807, 2.05) is 53.4 Å². The van der Waals surface area contributed by atoms with Gasteiger partial charge in [0.2, 0.25) is 0 Å². The van der Waals surface area contributed by atoms with Gasteiger partial charge in [-0.25, -0.2) is 0 Å². The van der Waals surface area contributed by atoms with Crippen LogP contribution in [0.3, 0.4) is 0 Å². The van der Waals surface area contributed by atoms with Crippen LogP contribution in [0, 0.1) is 0 Å². The van der Waals surface area contributed by atoms with Gasteiger partial charge in [0, 0.05) is 42.2 Å². The Labute approximate surface area is 198 Å². The average molecular weight is 553 g/mol. The Bertz CT molecular complexity index is 1050. The molecular weight excluding hydrogens is 532 g/mol. The van der Waals surface area contributed by atoms with E-state index in [4.69, 9.17) is 16.3 Å². The van der Waals surface area contributed by atoms with E-state index in [-0.39, 0.29) is 12.5 Å². The summed E-state index contributed by atoms with van der Waals surface area (Å²) in [5.41, 5.74) is 1.23. The van der Waals surface area contributed by atoms with Crippen molar-refractivity contribution in [2.45, 2.75) is 6.54 Å². The van der Waals surface area contributed by atoms with Crippen LogP contribution in [0.25, 0.3) is 10.8 Å². The van der Waals surface area contributed by atoms with Crippen LogP contribution in [0.4, 0.5) is 0 Å². The highest BCUT2D eigenvalue weighted by Gasteiger charge is 2.22. The van der Waals surface area contributed by atoms with E-state index in [9.17, 15) is 4.79 Å². The molecule has 4 rings (SSSR count). The molecule has 0 unspecified atom stereocenters. The fourth-order valence-electron chi connectivity index (χ4n) is 3.59. The number of fused-ring (bicyclic) bond motifs is 1. The monoisotopic (exact) mass is 550 g/mol. The molecule has 1 heterocycles. The lowest BCUT2D eigenvalue weighted by molar-refractivity contribution is -0.135. The molecule has 0 spiro atoms. The molecule has 30 heavy (non-hydrogen) atoms. The van der Waals surface area contributed by atoms with Gasteiger partial charge in [-0.3, -0.25) is 9.69 Å². The van der Waals surface area contributed by atoms with Gasteiger partial charge in [-0.2, -0.15) is 0 Å². The molecule has 0 atom stereocenters. The van der Waals surface area contributed by atoms with Crippen molar-refractivity contribution < 1.29 is 9.53 Å². The minimum absolute atomic E-state index is 0.0175. The van der Waals surface area contributed by atoms with Gasteiger partial charge in [-0.15, -0.1) is 0 Å². The summed E-state index contributed by atoms with van der Waals surface area (Å²) < 4.78 is 7.75. The molecule has 1 fully saturated rings. The molecule has 1 saturated heterocycles. The zero-order valence-corrected chi connectivity index (χ0v) is 20.2. The molecule has 156 valence electrons. The van der Waals surface area contributed by atoms with Crippen molar-refractivity contribution >= 4 is 60.1 Å². The Morgan fingerprint density at radius 1 is 0.967 bits per heavy atom. The summed E-state index contributed by atoms with van der Waals surface area (Å²) in [5, 5.41) is 2.91. The standard InChI is InChI=1S/C23H21Br2ClN2O2/c24-18-4-7-20-17(13-18)3-8-21(23(20)25)30-15-22(29)28-11-9-27(10-12-28)14-16-1-5-19(26)6-2-16/h1-8,13H,9-12,14-15H2. The fraction of sp³-hybridized carbons (Fsp3) is 0.261. The number of carbonyl (C=O) groups is 1. The summed E-state index contributed by atoms with van der Waals surface area (Å²) in [7, 11) is 0. The molecule has 4 nitrogen and oxygen atoms in total. The number of rotatable bonds is 5. The minimum atomic E-state index is 0.0175. The molecule has 7 heteroatoms. The lowest BCUT2D eigenvalue weighted by atomic mass is 10.1. The number of piperazine rings is 1. The van der Waals surface area contributed by atoms with Gasteiger partial charge in [0.25, 0.3) is 5.91 Å². The van der Waals surface area contributed by atoms with E-state index in [2.05, 4.69) is 42.8 Å². The normalized spacial score (nSPS) is 14.8. The molecule has 3 aromatic rings. The van der Waals surface area contributed by atoms with Gasteiger partial charge in [0.05, 0.1) is 4.47 Å². The molecule has 1 amide bonds. The minimum Gasteiger partial charge on any atom is -0.483 e. The van der Waals surface area contributed by atoms with E-state index in [1.54, 1.807) is 0 Å². The van der Waals surface area contributed by atoms with Crippen molar-refractivity contribution in [3.8, 4) is 5.75 Å². The first kappa shape index (κ1) is 21.6. The maximum absolute atomic E-state index is 12.6. The van der Waals surface area contributed by atoms with Crippen LogP contribution in [-0.2, 0) is 11.3 Å². The van der Waals surface area contributed by atoms with E-state index in [0.29, 0.717) is 18.8 Å². The summed E-state index contributed by atoms with van der Waals surface area (Å²) in [6.45, 7) is 4.03. The predicted octanol–water partition coefficient (Wildman–Crippen LogP) is 5.74. The zero-order valence-electron chi connectivity index (χ0n) is 16.3. The van der Waals surface area contributed by atoms with Crippen molar-refractivity contribution in [1.29, 1.82) is 0 Å². The first-order chi connectivity index (χ1) is 14.5. The Balaban J connectivity index is 1.30. The molecule has 0 aliphatic carbocycles. The van der Waals surface area contributed by atoms with Crippen LogP contribution in [0.1, 0.15) is 5.56 Å². The van der Waals surface area contributed by atoms with Crippen LogP contribution in [0.2, 0.25) is 5.02 Å². The molecule has 0 aromatic heterocycles. The molecule has 0 radical (unpaired) electrons. The van der Waals surface area contributed by atoms with Gasteiger partial charge in [-0.1, -0.05) is 51.8 Å². The van der Waals surface area contributed by atoms with Gasteiger partial charge >= 0.3 is 0 Å². The molecule has 0 saturated carbocycles. The smallest absolute Gasteiger partial charge is 0.260 e. The van der Waals surface area contributed by atoms with Gasteiger partial charge in [0.1, 0.15) is 5.75 Å². The molecule has 3 aromatic carbocycles. The third-order valence-corrected chi connectivity index (χ3v) is 6.84. The van der Waals surface area contributed by atoms with E-state index in [1.165, 1.54) is 5.56 Å². The van der Waals surface area contributed by atoms with E-state index >= 15 is 0 Å². The quantitative estimate of drug-likeness (QED) is 0.405. The highest BCUT2D eigenvalue weighted by atomic mass is 79.9. The number of hydrogen-bond acceptors (Lipinski definition) is 3. The van der Waals surface area contributed by atoms with Crippen molar-refractivity contribution in [3.63, 3.8) is 0 Å². The summed E-state index contributed by atoms with van der Waals surface area (Å²) >= 11 is 13.1. The van der Waals surface area contributed by atoms with Crippen molar-refractivity contribution in [2.75, 3.05) is 32.8 Å². The van der Waals surface area contributed by atoms with E-state index in [0.717, 1.165) is 44.4 Å². The summed E-state index contributed by atoms with van der Waals surface area (Å²) in [6, 6.07) is 17.9. The third-order valence-electron chi connectivity index (χ3n) is 5.28. The van der Waals surface area contributed by atoms with Crippen LogP contribution in [0.5, 0.6) is 5.75 Å². The number of ether oxygens (including phenoxy) is 1. The number of halogens is 3. The number of carbonyl (C=O) groups excluding carboxylic acids is 1. The molecule has 1 aliphatic rings. The van der Waals surface area contributed by atoms with Crippen molar-refractivity contribution in [2.24, 2.45) is 0 Å². The number of nitrogens with zero attached hydrogens (tertiary/aromatic N) is 2. The van der Waals surface area contributed by atoms with Crippen molar-refractivity contribution in [1.82, 2.24) is 9.80 Å². The number of benzene rings is 3. The zero-order chi connectivity index (χ0) is 21.1. The Morgan fingerprint density at radius 2 is 1.70 bits per heavy atom. The molecule has 1 aliphatic heterocycles. The van der Waals surface area contributed by atoms with Crippen molar-refractivity contribution in [3.05, 3.63) is 74.1 Å². The lowest BCUT2D eigenvalue weighted by Gasteiger charge is -2.34. The van der Waals surface area contributed by atoms with Crippen LogP contribution in [0.15, 0.2) is 63.5 Å². The lowest BCUT2D eigenvalue weighted by Crippen LogP contribution is -2.49. The molecule has 0 N–H and O–H groups in total. The van der Waals surface area contributed by atoms with Gasteiger partial charge in [0.15, 0.2) is 6.61 Å².